The fraction of sp³-hybridized carbons (Fsp3) is 0.417. The van der Waals surface area contributed by atoms with Crippen molar-refractivity contribution in [2.45, 2.75) is 13.3 Å². The second-order valence-corrected chi connectivity index (χ2v) is 3.57. The van der Waals surface area contributed by atoms with Crippen LogP contribution in [0.15, 0.2) is 24.5 Å². The fourth-order valence-corrected chi connectivity index (χ4v) is 1.49. The molecule has 0 aliphatic rings. The average Bonchev–Trinajstić information content (AvgIpc) is 2.38. The van der Waals surface area contributed by atoms with Crippen LogP contribution in [0.25, 0.3) is 11.2 Å². The zero-order chi connectivity index (χ0) is 11.9. The van der Waals surface area contributed by atoms with Crippen molar-refractivity contribution in [2.75, 3.05) is 25.1 Å². The van der Waals surface area contributed by atoms with Gasteiger partial charge in [0.1, 0.15) is 11.3 Å². The van der Waals surface area contributed by atoms with Gasteiger partial charge in [-0.3, -0.25) is 4.98 Å². The molecule has 2 aromatic rings. The largest absolute Gasteiger partial charge is 0.382 e. The van der Waals surface area contributed by atoms with Crippen LogP contribution in [0.5, 0.6) is 0 Å². The lowest BCUT2D eigenvalue weighted by Gasteiger charge is -2.05. The Morgan fingerprint density at radius 2 is 2.12 bits per heavy atom. The average molecular weight is 232 g/mol. The number of fused-ring (bicyclic) bond motifs is 1. The van der Waals surface area contributed by atoms with Gasteiger partial charge in [-0.15, -0.1) is 0 Å². The molecule has 0 aromatic carbocycles. The van der Waals surface area contributed by atoms with Crippen molar-refractivity contribution in [1.29, 1.82) is 0 Å². The molecule has 5 nitrogen and oxygen atoms in total. The van der Waals surface area contributed by atoms with E-state index in [4.69, 9.17) is 4.74 Å². The van der Waals surface area contributed by atoms with E-state index in [2.05, 4.69) is 20.3 Å². The number of rotatable bonds is 6. The van der Waals surface area contributed by atoms with Crippen LogP contribution in [0.1, 0.15) is 13.3 Å². The van der Waals surface area contributed by atoms with Gasteiger partial charge in [0.2, 0.25) is 0 Å². The number of hydrogen-bond donors (Lipinski definition) is 1. The van der Waals surface area contributed by atoms with Crippen molar-refractivity contribution < 1.29 is 4.74 Å². The summed E-state index contributed by atoms with van der Waals surface area (Å²) in [6.07, 6.45) is 4.28. The second-order valence-electron chi connectivity index (χ2n) is 3.57. The summed E-state index contributed by atoms with van der Waals surface area (Å²) in [6.45, 7) is 4.39. The lowest BCUT2D eigenvalue weighted by molar-refractivity contribution is 0.147. The SMILES string of the molecule is CCOCCCNc1ccc2nccnc2n1. The summed E-state index contributed by atoms with van der Waals surface area (Å²) in [5.41, 5.74) is 1.48. The highest BCUT2D eigenvalue weighted by molar-refractivity contribution is 5.71. The van der Waals surface area contributed by atoms with Gasteiger partial charge in [-0.05, 0) is 25.5 Å². The Hall–Kier alpha value is -1.75. The molecule has 0 spiro atoms. The number of hydrogen-bond acceptors (Lipinski definition) is 5. The minimum absolute atomic E-state index is 0.669. The van der Waals surface area contributed by atoms with Crippen molar-refractivity contribution >= 4 is 17.0 Å². The van der Waals surface area contributed by atoms with Crippen LogP contribution in [0.3, 0.4) is 0 Å². The van der Waals surface area contributed by atoms with Crippen LogP contribution < -0.4 is 5.32 Å². The van der Waals surface area contributed by atoms with E-state index in [1.54, 1.807) is 12.4 Å². The third-order valence-electron chi connectivity index (χ3n) is 2.31. The molecule has 5 heteroatoms. The van der Waals surface area contributed by atoms with Crippen LogP contribution in [-0.4, -0.2) is 34.7 Å². The van der Waals surface area contributed by atoms with Crippen molar-refractivity contribution in [1.82, 2.24) is 15.0 Å². The maximum atomic E-state index is 5.26. The van der Waals surface area contributed by atoms with Gasteiger partial charge in [-0.25, -0.2) is 9.97 Å². The predicted molar refractivity (Wildman–Crippen MR) is 66.9 cm³/mol. The van der Waals surface area contributed by atoms with Crippen LogP contribution >= 0.6 is 0 Å². The maximum absolute atomic E-state index is 5.26. The zero-order valence-electron chi connectivity index (χ0n) is 9.89. The Morgan fingerprint density at radius 1 is 1.24 bits per heavy atom. The van der Waals surface area contributed by atoms with E-state index >= 15 is 0 Å². The highest BCUT2D eigenvalue weighted by atomic mass is 16.5. The molecule has 0 fully saturated rings. The topological polar surface area (TPSA) is 59.9 Å². The minimum Gasteiger partial charge on any atom is -0.382 e. The first kappa shape index (κ1) is 11.7. The van der Waals surface area contributed by atoms with Crippen molar-refractivity contribution in [3.8, 4) is 0 Å². The van der Waals surface area contributed by atoms with Crippen LogP contribution in [-0.2, 0) is 4.74 Å². The lowest BCUT2D eigenvalue weighted by Crippen LogP contribution is -2.07. The first-order valence-electron chi connectivity index (χ1n) is 5.79. The number of aromatic nitrogens is 3. The molecule has 17 heavy (non-hydrogen) atoms. The number of pyridine rings is 1. The molecule has 0 saturated carbocycles. The van der Waals surface area contributed by atoms with Crippen LogP contribution in [0.4, 0.5) is 5.82 Å². The summed E-state index contributed by atoms with van der Waals surface area (Å²) < 4.78 is 5.26. The molecule has 0 aliphatic carbocycles. The lowest BCUT2D eigenvalue weighted by atomic mass is 10.4. The van der Waals surface area contributed by atoms with E-state index in [0.717, 1.165) is 37.5 Å². The van der Waals surface area contributed by atoms with Gasteiger partial charge < -0.3 is 10.1 Å². The second kappa shape index (κ2) is 6.10. The predicted octanol–water partition coefficient (Wildman–Crippen LogP) is 1.86. The van der Waals surface area contributed by atoms with Crippen LogP contribution in [0, 0.1) is 0 Å². The Labute approximate surface area is 100 Å². The van der Waals surface area contributed by atoms with Crippen LogP contribution in [0.2, 0.25) is 0 Å². The van der Waals surface area contributed by atoms with Gasteiger partial charge >= 0.3 is 0 Å². The molecule has 1 N–H and O–H groups in total. The Morgan fingerprint density at radius 3 is 3.00 bits per heavy atom. The molecule has 0 aliphatic heterocycles. The van der Waals surface area contributed by atoms with E-state index in [1.807, 2.05) is 19.1 Å². The number of ether oxygens (including phenoxy) is 1. The third-order valence-corrected chi connectivity index (χ3v) is 2.31. The monoisotopic (exact) mass is 232 g/mol. The van der Waals surface area contributed by atoms with E-state index < -0.39 is 0 Å². The molecular formula is C12H16N4O. The smallest absolute Gasteiger partial charge is 0.180 e. The standard InChI is InChI=1S/C12H16N4O/c1-2-17-9-3-6-14-11-5-4-10-12(16-11)15-8-7-13-10/h4-5,7-8H,2-3,6,9H2,1H3,(H,14,15,16). The van der Waals surface area contributed by atoms with Crippen molar-refractivity contribution in [3.63, 3.8) is 0 Å². The van der Waals surface area contributed by atoms with E-state index in [1.165, 1.54) is 0 Å². The first-order chi connectivity index (χ1) is 8.40. The molecule has 0 amide bonds. The molecule has 90 valence electrons. The summed E-state index contributed by atoms with van der Waals surface area (Å²) in [6, 6.07) is 3.83. The zero-order valence-corrected chi connectivity index (χ0v) is 9.89. The molecule has 0 atom stereocenters. The fourth-order valence-electron chi connectivity index (χ4n) is 1.49. The number of anilines is 1. The summed E-state index contributed by atoms with van der Waals surface area (Å²) in [5, 5.41) is 3.24. The van der Waals surface area contributed by atoms with Gasteiger partial charge in [0.15, 0.2) is 5.65 Å². The molecule has 0 unspecified atom stereocenters. The first-order valence-corrected chi connectivity index (χ1v) is 5.79. The van der Waals surface area contributed by atoms with Crippen molar-refractivity contribution in [3.05, 3.63) is 24.5 Å². The Kier molecular flexibility index (Phi) is 4.21. The maximum Gasteiger partial charge on any atom is 0.180 e. The summed E-state index contributed by atoms with van der Waals surface area (Å²) in [4.78, 5) is 12.7. The molecular weight excluding hydrogens is 216 g/mol. The van der Waals surface area contributed by atoms with Crippen molar-refractivity contribution in [2.24, 2.45) is 0 Å². The third kappa shape index (κ3) is 3.35. The normalized spacial score (nSPS) is 10.6. The Balaban J connectivity index is 1.90. The molecule has 2 rings (SSSR count). The van der Waals surface area contributed by atoms with Gasteiger partial charge in [0.05, 0.1) is 0 Å². The van der Waals surface area contributed by atoms with Gasteiger partial charge in [0.25, 0.3) is 0 Å². The number of nitrogens with one attached hydrogen (secondary N) is 1. The quantitative estimate of drug-likeness (QED) is 0.770. The van der Waals surface area contributed by atoms with E-state index in [0.29, 0.717) is 5.65 Å². The molecule has 0 radical (unpaired) electrons. The highest BCUT2D eigenvalue weighted by Crippen LogP contribution is 2.09. The molecule has 2 heterocycles. The van der Waals surface area contributed by atoms with E-state index in [9.17, 15) is 0 Å². The molecule has 0 bridgehead atoms. The van der Waals surface area contributed by atoms with Gasteiger partial charge in [-0.2, -0.15) is 0 Å². The summed E-state index contributed by atoms with van der Waals surface area (Å²) >= 11 is 0. The van der Waals surface area contributed by atoms with Gasteiger partial charge in [0, 0.05) is 32.2 Å². The highest BCUT2D eigenvalue weighted by Gasteiger charge is 1.98. The Bertz CT molecular complexity index is 475. The molecule has 2 aromatic heterocycles. The minimum atomic E-state index is 0.669. The van der Waals surface area contributed by atoms with E-state index in [-0.39, 0.29) is 0 Å². The number of nitrogens with zero attached hydrogens (tertiary/aromatic N) is 3. The molecule has 0 saturated heterocycles. The summed E-state index contributed by atoms with van der Waals surface area (Å²) in [7, 11) is 0. The van der Waals surface area contributed by atoms with Gasteiger partial charge in [-0.1, -0.05) is 0 Å². The summed E-state index contributed by atoms with van der Waals surface area (Å²) in [5.74, 6) is 0.828.